The summed E-state index contributed by atoms with van der Waals surface area (Å²) < 4.78 is 5.39. The number of esters is 1. The Kier molecular flexibility index (Phi) is 33.6. The van der Waals surface area contributed by atoms with Crippen LogP contribution in [0, 0.1) is 6.92 Å². The molecule has 41 heteroatoms. The van der Waals surface area contributed by atoms with Crippen LogP contribution in [0.2, 0.25) is 10.0 Å². The van der Waals surface area contributed by atoms with Crippen LogP contribution in [-0.4, -0.2) is 201 Å². The minimum atomic E-state index is -0.330. The quantitative estimate of drug-likeness (QED) is 0.0282. The van der Waals surface area contributed by atoms with E-state index >= 15 is 0 Å². The first-order valence-corrected chi connectivity index (χ1v) is 44.1. The fourth-order valence-electron chi connectivity index (χ4n) is 13.7. The highest BCUT2D eigenvalue weighted by Crippen LogP contribution is 2.30. The first-order chi connectivity index (χ1) is 68.7. The Morgan fingerprint density at radius 2 is 0.764 bits per heavy atom. The SMILES string of the molecule is CN(C(=O)c1ccc(-c2nn[nH]n2)cc1)c1ccccc1.Cc1cc(C(=O)Nc2ccccc2)ccc1-c1nn[nH]n1.Clc1ccccc1-c1nn[nH]n1.O=C(NCc1ccccc1)c1ccc(-c2nn[nH]n2)cc1.O=C(Nc1ccccc1)c1ccc(-c2nn[nH]n2)cc1Cl.O=C(OCCc1ccc(N2CCCC2)cc1)c1ccc(-c2nn[nH]n2)cc1.c1ccc(-c2cccc(-c3nn[nH]n3)c2)cc1. The number of anilines is 4. The fraction of sp³-hybridized carbons (Fsp3) is 0.0909. The third kappa shape index (κ3) is 27.2. The summed E-state index contributed by atoms with van der Waals surface area (Å²) in [5.41, 5.74) is 17.4. The van der Waals surface area contributed by atoms with Gasteiger partial charge >= 0.3 is 5.97 Å². The van der Waals surface area contributed by atoms with Gasteiger partial charge in [0.15, 0.2) is 0 Å². The summed E-state index contributed by atoms with van der Waals surface area (Å²) in [6.07, 6.45) is 3.24. The second-order valence-electron chi connectivity index (χ2n) is 30.3. The standard InChI is InChI=1S/C20H21N5O2.3C15H13N5O.C14H10ClN5O.C13H10N4.C7H5ClN4/c26-20(17-7-5-16(6-8-17)19-21-23-24-22-19)27-14-11-15-3-9-18(10-4-15)25-12-1-2-13-25;1-20(13-5-3-2-4-6-13)15(21)12-9-7-11(8-10-12)14-16-18-19-17-14;1-10-9-11(7-8-13(10)14-17-19-20-18-14)15(21)16-12-5-3-2-4-6-12;21-15(16-10-11-4-2-1-3-5-11)13-8-6-12(7-9-13)14-17-19-20-18-14;15-12-8-9(13-17-19-20-18-13)6-7-11(12)14(21)16-10-4-2-1-3-5-10;1-2-5-10(6-3-1)11-7-4-8-12(9-11)13-14-16-17-15-13;8-6-4-2-1-3-5(6)7-9-11-12-10-7/h3-10H,1-2,11-14H2,(H,21,22,23,24);2-10H,1H3,(H,16,17,18,19);2-9H,1H3,(H,16,21)(H,17,18,19,20);1-9H,10H2,(H,16,21)(H,17,18,19,20);1-8H,(H,16,21)(H,17,18,19,20);1-9H,(H,14,15,16,17);1-4H,(H,9,10,11,12). The number of carbonyl (C=O) groups is 5. The van der Waals surface area contributed by atoms with Gasteiger partial charge < -0.3 is 30.5 Å². The van der Waals surface area contributed by atoms with Crippen LogP contribution in [0.15, 0.2) is 334 Å². The molecule has 4 amide bonds. The maximum absolute atomic E-state index is 12.4. The monoisotopic (exact) mass is 1900 g/mol. The minimum absolute atomic E-state index is 0.0686. The number of nitrogens with zero attached hydrogens (tertiary/aromatic N) is 23. The van der Waals surface area contributed by atoms with Gasteiger partial charge in [0.05, 0.1) is 27.8 Å². The lowest BCUT2D eigenvalue weighted by atomic mass is 10.0. The molecule has 696 valence electrons. The van der Waals surface area contributed by atoms with Crippen molar-refractivity contribution >= 4 is 75.5 Å². The molecule has 0 spiro atoms. The van der Waals surface area contributed by atoms with E-state index in [1.54, 1.807) is 127 Å². The van der Waals surface area contributed by atoms with Crippen molar-refractivity contribution in [1.82, 2.24) is 150 Å². The highest BCUT2D eigenvalue weighted by molar-refractivity contribution is 6.35. The van der Waals surface area contributed by atoms with Gasteiger partial charge in [-0.3, -0.25) is 19.2 Å². The Hall–Kier alpha value is -18.9. The predicted molar refractivity (Wildman–Crippen MR) is 525 cm³/mol. The molecule has 8 heterocycles. The van der Waals surface area contributed by atoms with Gasteiger partial charge in [-0.05, 0) is 218 Å². The Balaban J connectivity index is 0.000000125. The van der Waals surface area contributed by atoms with E-state index in [0.717, 1.165) is 74.5 Å². The van der Waals surface area contributed by atoms with Gasteiger partial charge in [-0.2, -0.15) is 36.5 Å². The van der Waals surface area contributed by atoms with Crippen molar-refractivity contribution < 1.29 is 28.7 Å². The number of tetrazole rings is 7. The minimum Gasteiger partial charge on any atom is -0.462 e. The maximum atomic E-state index is 12.4. The Bertz CT molecular complexity index is 7200. The number of carbonyl (C=O) groups excluding carboxylic acids is 5. The first-order valence-electron chi connectivity index (χ1n) is 43.3. The van der Waals surface area contributed by atoms with Crippen molar-refractivity contribution in [2.75, 3.05) is 47.2 Å². The lowest BCUT2D eigenvalue weighted by Crippen LogP contribution is -2.25. The zero-order valence-corrected chi connectivity index (χ0v) is 76.2. The largest absolute Gasteiger partial charge is 0.462 e. The number of halogens is 2. The summed E-state index contributed by atoms with van der Waals surface area (Å²) in [5, 5.41) is 105. The first kappa shape index (κ1) is 95.7. The lowest BCUT2D eigenvalue weighted by Gasteiger charge is -2.17. The smallest absolute Gasteiger partial charge is 0.338 e. The molecule has 140 heavy (non-hydrogen) atoms. The molecule has 0 radical (unpaired) electrons. The predicted octanol–water partition coefficient (Wildman–Crippen LogP) is 16.1. The van der Waals surface area contributed by atoms with Gasteiger partial charge in [0.1, 0.15) is 0 Å². The van der Waals surface area contributed by atoms with Gasteiger partial charge in [0.2, 0.25) is 40.8 Å². The van der Waals surface area contributed by atoms with E-state index in [-0.39, 0.29) is 29.6 Å². The number of ether oxygens (including phenoxy) is 1. The lowest BCUT2D eigenvalue weighted by molar-refractivity contribution is 0.0508. The molecule has 39 nitrogen and oxygen atoms in total. The van der Waals surface area contributed by atoms with E-state index in [0.29, 0.717) is 109 Å². The van der Waals surface area contributed by atoms with Crippen LogP contribution >= 0.6 is 23.2 Å². The zero-order chi connectivity index (χ0) is 96.8. The number of aromatic amines is 7. The molecule has 0 unspecified atom stereocenters. The van der Waals surface area contributed by atoms with E-state index in [2.05, 4.69) is 214 Å². The van der Waals surface area contributed by atoms with E-state index in [9.17, 15) is 24.0 Å². The average molecular weight is 1900 g/mol. The highest BCUT2D eigenvalue weighted by Gasteiger charge is 2.20. The molecule has 1 aliphatic rings. The molecule has 21 rings (SSSR count). The molecular formula is C99H85Cl2N33O6. The molecule has 0 bridgehead atoms. The number of amides is 4. The van der Waals surface area contributed by atoms with Crippen LogP contribution < -0.4 is 25.8 Å². The number of rotatable bonds is 22. The molecule has 20 aromatic rings. The molecule has 10 N–H and O–H groups in total. The van der Waals surface area contributed by atoms with E-state index < -0.39 is 0 Å². The molecule has 13 aromatic carbocycles. The van der Waals surface area contributed by atoms with Gasteiger partial charge in [-0.15, -0.1) is 71.4 Å². The molecule has 7 aromatic heterocycles. The molecule has 1 saturated heterocycles. The zero-order valence-electron chi connectivity index (χ0n) is 74.7. The van der Waals surface area contributed by atoms with Crippen LogP contribution in [0.1, 0.15) is 81.3 Å². The van der Waals surface area contributed by atoms with Gasteiger partial charge in [0, 0.05) is 111 Å². The fourth-order valence-corrected chi connectivity index (χ4v) is 14.2. The number of aryl methyl sites for hydroxylation is 1. The third-order valence-corrected chi connectivity index (χ3v) is 21.6. The van der Waals surface area contributed by atoms with Crippen LogP contribution in [0.3, 0.4) is 0 Å². The van der Waals surface area contributed by atoms with E-state index in [4.69, 9.17) is 27.9 Å². The van der Waals surface area contributed by atoms with Crippen LogP contribution in [0.5, 0.6) is 0 Å². The number of aromatic nitrogens is 28. The Morgan fingerprint density at radius 1 is 0.350 bits per heavy atom. The summed E-state index contributed by atoms with van der Waals surface area (Å²) in [7, 11) is 1.75. The average Bonchev–Trinajstić information content (AvgIpc) is 1.42. The summed E-state index contributed by atoms with van der Waals surface area (Å²) in [4.78, 5) is 65.1. The molecule has 0 aliphatic carbocycles. The highest BCUT2D eigenvalue weighted by atomic mass is 35.5. The molecular weight excluding hydrogens is 1820 g/mol. The van der Waals surface area contributed by atoms with Gasteiger partial charge in [-0.1, -0.05) is 223 Å². The second kappa shape index (κ2) is 49.2. The molecule has 0 saturated carbocycles. The van der Waals surface area contributed by atoms with Crippen LogP contribution in [0.4, 0.5) is 22.7 Å². The van der Waals surface area contributed by atoms with Crippen molar-refractivity contribution in [3.05, 3.63) is 388 Å². The molecule has 0 atom stereocenters. The summed E-state index contributed by atoms with van der Waals surface area (Å²) in [5.74, 6) is 2.64. The van der Waals surface area contributed by atoms with Crippen molar-refractivity contribution in [1.29, 1.82) is 0 Å². The normalized spacial score (nSPS) is 11.0. The topological polar surface area (TPSA) is 518 Å². The van der Waals surface area contributed by atoms with E-state index in [1.165, 1.54) is 29.7 Å². The third-order valence-electron chi connectivity index (χ3n) is 21.0. The maximum Gasteiger partial charge on any atom is 0.338 e. The second-order valence-corrected chi connectivity index (χ2v) is 31.1. The van der Waals surface area contributed by atoms with Gasteiger partial charge in [0.25, 0.3) is 23.6 Å². The summed E-state index contributed by atoms with van der Waals surface area (Å²) in [6.45, 7) is 5.05. The van der Waals surface area contributed by atoms with Crippen molar-refractivity contribution in [3.8, 4) is 90.8 Å². The Morgan fingerprint density at radius 3 is 1.26 bits per heavy atom. The number of hydrogen-bond acceptors (Lipinski definition) is 28. The van der Waals surface area contributed by atoms with Crippen molar-refractivity contribution in [2.45, 2.75) is 32.7 Å². The summed E-state index contributed by atoms with van der Waals surface area (Å²) in [6, 6.07) is 104. The van der Waals surface area contributed by atoms with Crippen molar-refractivity contribution in [2.24, 2.45) is 0 Å². The van der Waals surface area contributed by atoms with Crippen LogP contribution in [0.25, 0.3) is 90.8 Å². The van der Waals surface area contributed by atoms with E-state index in [1.807, 2.05) is 177 Å². The number of benzene rings is 13. The number of para-hydroxylation sites is 3. The van der Waals surface area contributed by atoms with Gasteiger partial charge in [-0.25, -0.2) is 4.79 Å². The number of hydrogen-bond donors (Lipinski definition) is 10. The van der Waals surface area contributed by atoms with Crippen molar-refractivity contribution in [3.63, 3.8) is 0 Å². The number of H-pyrrole nitrogens is 7. The summed E-state index contributed by atoms with van der Waals surface area (Å²) >= 11 is 12.1. The van der Waals surface area contributed by atoms with Crippen LogP contribution in [-0.2, 0) is 17.7 Å². The number of nitrogens with one attached hydrogen (secondary N) is 10. The molecule has 1 fully saturated rings. The Labute approximate surface area is 808 Å². The molecule has 1 aliphatic heterocycles.